The summed E-state index contributed by atoms with van der Waals surface area (Å²) in [4.78, 5) is 24.8. The van der Waals surface area contributed by atoms with Gasteiger partial charge in [-0.2, -0.15) is 0 Å². The lowest BCUT2D eigenvalue weighted by atomic mass is 10.2. The Labute approximate surface area is 182 Å². The van der Waals surface area contributed by atoms with E-state index >= 15 is 0 Å². The van der Waals surface area contributed by atoms with Gasteiger partial charge in [-0.1, -0.05) is 55.8 Å². The minimum Gasteiger partial charge on any atom is -0.494 e. The lowest BCUT2D eigenvalue weighted by Gasteiger charge is -2.09. The first-order valence-electron chi connectivity index (χ1n) is 10.4. The molecule has 0 N–H and O–H groups in total. The van der Waals surface area contributed by atoms with Gasteiger partial charge < -0.3 is 14.2 Å². The first-order chi connectivity index (χ1) is 15.2. The Hall–Kier alpha value is -3.60. The van der Waals surface area contributed by atoms with Gasteiger partial charge >= 0.3 is 11.9 Å². The molecule has 0 atom stereocenters. The van der Waals surface area contributed by atoms with Gasteiger partial charge in [-0.3, -0.25) is 0 Å². The molecule has 31 heavy (non-hydrogen) atoms. The van der Waals surface area contributed by atoms with Crippen molar-refractivity contribution in [3.8, 4) is 11.5 Å². The zero-order valence-electron chi connectivity index (χ0n) is 17.6. The van der Waals surface area contributed by atoms with Crippen molar-refractivity contribution >= 4 is 11.9 Å². The number of ether oxygens (including phenoxy) is 3. The average Bonchev–Trinajstić information content (AvgIpc) is 2.80. The van der Waals surface area contributed by atoms with Gasteiger partial charge in [0.25, 0.3) is 0 Å². The van der Waals surface area contributed by atoms with Crippen molar-refractivity contribution in [2.45, 2.75) is 26.2 Å². The summed E-state index contributed by atoms with van der Waals surface area (Å²) in [7, 11) is 0. The van der Waals surface area contributed by atoms with Crippen LogP contribution in [0.5, 0.6) is 11.5 Å². The monoisotopic (exact) mass is 418 g/mol. The van der Waals surface area contributed by atoms with E-state index in [1.165, 1.54) is 6.07 Å². The van der Waals surface area contributed by atoms with E-state index in [4.69, 9.17) is 14.2 Å². The second-order valence-corrected chi connectivity index (χ2v) is 7.02. The van der Waals surface area contributed by atoms with Crippen LogP contribution in [0.4, 0.5) is 0 Å². The summed E-state index contributed by atoms with van der Waals surface area (Å²) < 4.78 is 16.4. The lowest BCUT2D eigenvalue weighted by Crippen LogP contribution is -2.11. The van der Waals surface area contributed by atoms with E-state index in [9.17, 15) is 9.59 Å². The second-order valence-electron chi connectivity index (χ2n) is 7.02. The molecule has 5 nitrogen and oxygen atoms in total. The summed E-state index contributed by atoms with van der Waals surface area (Å²) in [5.41, 5.74) is 1.80. The van der Waals surface area contributed by atoms with Crippen LogP contribution in [0.1, 0.15) is 46.0 Å². The van der Waals surface area contributed by atoms with Gasteiger partial charge in [-0.05, 0) is 48.4 Å². The van der Waals surface area contributed by atoms with Crippen molar-refractivity contribution in [1.29, 1.82) is 0 Å². The van der Waals surface area contributed by atoms with Crippen LogP contribution in [-0.4, -0.2) is 25.2 Å². The largest absolute Gasteiger partial charge is 0.494 e. The Kier molecular flexibility index (Phi) is 8.23. The Balaban J connectivity index is 1.56. The van der Waals surface area contributed by atoms with Crippen molar-refractivity contribution in [2.24, 2.45) is 0 Å². The van der Waals surface area contributed by atoms with Crippen LogP contribution in [0.3, 0.4) is 0 Å². The number of carbonyl (C=O) groups excluding carboxylic acids is 2. The smallest absolute Gasteiger partial charge is 0.343 e. The number of carbonyl (C=O) groups is 2. The summed E-state index contributed by atoms with van der Waals surface area (Å²) >= 11 is 0. The second kappa shape index (κ2) is 11.6. The molecule has 0 aliphatic heterocycles. The van der Waals surface area contributed by atoms with Gasteiger partial charge in [0.05, 0.1) is 24.3 Å². The lowest BCUT2D eigenvalue weighted by molar-refractivity contribution is 0.0507. The van der Waals surface area contributed by atoms with Gasteiger partial charge in [0.2, 0.25) is 0 Å². The van der Waals surface area contributed by atoms with E-state index < -0.39 is 11.9 Å². The van der Waals surface area contributed by atoms with Crippen LogP contribution < -0.4 is 9.47 Å². The first kappa shape index (κ1) is 22.1. The van der Waals surface area contributed by atoms with Crippen LogP contribution in [0.25, 0.3) is 0 Å². The van der Waals surface area contributed by atoms with Crippen LogP contribution in [0.2, 0.25) is 0 Å². The molecule has 0 saturated heterocycles. The van der Waals surface area contributed by atoms with Crippen molar-refractivity contribution in [1.82, 2.24) is 0 Å². The molecule has 3 aromatic rings. The van der Waals surface area contributed by atoms with Crippen molar-refractivity contribution in [2.75, 3.05) is 13.2 Å². The molecule has 3 aromatic carbocycles. The number of esters is 2. The highest BCUT2D eigenvalue weighted by Crippen LogP contribution is 2.19. The highest BCUT2D eigenvalue weighted by atomic mass is 16.5. The fourth-order valence-corrected chi connectivity index (χ4v) is 2.89. The summed E-state index contributed by atoms with van der Waals surface area (Å²) in [5.74, 6) is -0.0749. The molecular formula is C26H26O5. The predicted molar refractivity (Wildman–Crippen MR) is 119 cm³/mol. The van der Waals surface area contributed by atoms with E-state index in [0.717, 1.165) is 18.4 Å². The molecule has 0 aliphatic rings. The fourth-order valence-electron chi connectivity index (χ4n) is 2.89. The Morgan fingerprint density at radius 3 is 2.16 bits per heavy atom. The van der Waals surface area contributed by atoms with E-state index in [-0.39, 0.29) is 12.4 Å². The van der Waals surface area contributed by atoms with Crippen LogP contribution in [-0.2, 0) is 11.2 Å². The minimum absolute atomic E-state index is 0.275. The Morgan fingerprint density at radius 2 is 1.42 bits per heavy atom. The van der Waals surface area contributed by atoms with E-state index in [1.54, 1.807) is 42.5 Å². The maximum atomic E-state index is 12.5. The zero-order chi connectivity index (χ0) is 21.9. The number of unbranched alkanes of at least 4 members (excludes halogenated alkanes) is 1. The third-order valence-corrected chi connectivity index (χ3v) is 4.58. The SMILES string of the molecule is CCCCOc1cccc(C(=O)Oc2cccc(C(=O)OCCc3ccccc3)c2)c1. The quantitative estimate of drug-likeness (QED) is 0.248. The first-order valence-corrected chi connectivity index (χ1v) is 10.4. The molecule has 0 aliphatic carbocycles. The standard InChI is InChI=1S/C26H26O5/c1-2-3-16-29-23-13-7-12-22(18-23)26(28)31-24-14-8-11-21(19-24)25(27)30-17-15-20-9-5-4-6-10-20/h4-14,18-19H,2-3,15-17H2,1H3. The number of rotatable bonds is 10. The molecule has 0 fully saturated rings. The molecule has 5 heteroatoms. The van der Waals surface area contributed by atoms with Crippen molar-refractivity contribution in [3.63, 3.8) is 0 Å². The van der Waals surface area contributed by atoms with Gasteiger partial charge in [-0.15, -0.1) is 0 Å². The fraction of sp³-hybridized carbons (Fsp3) is 0.231. The molecule has 0 spiro atoms. The van der Waals surface area contributed by atoms with Gasteiger partial charge in [0, 0.05) is 6.42 Å². The third-order valence-electron chi connectivity index (χ3n) is 4.58. The minimum atomic E-state index is -0.518. The highest BCUT2D eigenvalue weighted by Gasteiger charge is 2.13. The molecule has 0 amide bonds. The number of hydrogen-bond acceptors (Lipinski definition) is 5. The highest BCUT2D eigenvalue weighted by molar-refractivity contribution is 5.93. The number of benzene rings is 3. The molecule has 0 saturated carbocycles. The molecule has 0 aromatic heterocycles. The molecular weight excluding hydrogens is 392 g/mol. The van der Waals surface area contributed by atoms with Crippen LogP contribution in [0, 0.1) is 0 Å². The molecule has 160 valence electrons. The normalized spacial score (nSPS) is 10.4. The van der Waals surface area contributed by atoms with Gasteiger partial charge in [0.15, 0.2) is 0 Å². The molecule has 0 radical (unpaired) electrons. The Morgan fingerprint density at radius 1 is 0.742 bits per heavy atom. The summed E-state index contributed by atoms with van der Waals surface area (Å²) in [5, 5.41) is 0. The zero-order valence-corrected chi connectivity index (χ0v) is 17.6. The predicted octanol–water partition coefficient (Wildman–Crippen LogP) is 5.48. The summed E-state index contributed by atoms with van der Waals surface area (Å²) in [6, 6.07) is 23.1. The average molecular weight is 418 g/mol. The van der Waals surface area contributed by atoms with Gasteiger partial charge in [0.1, 0.15) is 11.5 Å². The number of hydrogen-bond donors (Lipinski definition) is 0. The molecule has 0 unspecified atom stereocenters. The Bertz CT molecular complexity index is 997. The van der Waals surface area contributed by atoms with E-state index in [1.807, 2.05) is 30.3 Å². The molecule has 0 heterocycles. The van der Waals surface area contributed by atoms with E-state index in [2.05, 4.69) is 6.92 Å². The maximum Gasteiger partial charge on any atom is 0.343 e. The molecule has 0 bridgehead atoms. The van der Waals surface area contributed by atoms with Gasteiger partial charge in [-0.25, -0.2) is 9.59 Å². The van der Waals surface area contributed by atoms with E-state index in [0.29, 0.717) is 29.9 Å². The summed E-state index contributed by atoms with van der Waals surface area (Å²) in [6.45, 7) is 2.96. The maximum absolute atomic E-state index is 12.5. The van der Waals surface area contributed by atoms with Crippen molar-refractivity contribution < 1.29 is 23.8 Å². The molecule has 3 rings (SSSR count). The van der Waals surface area contributed by atoms with Crippen LogP contribution >= 0.6 is 0 Å². The van der Waals surface area contributed by atoms with Crippen molar-refractivity contribution in [3.05, 3.63) is 95.6 Å². The summed E-state index contributed by atoms with van der Waals surface area (Å²) in [6.07, 6.45) is 2.62. The van der Waals surface area contributed by atoms with Crippen LogP contribution in [0.15, 0.2) is 78.9 Å². The third kappa shape index (κ3) is 7.00. The topological polar surface area (TPSA) is 61.8 Å².